The van der Waals surface area contributed by atoms with E-state index in [9.17, 15) is 4.79 Å². The lowest BCUT2D eigenvalue weighted by Gasteiger charge is -2.41. The van der Waals surface area contributed by atoms with Gasteiger partial charge >= 0.3 is 0 Å². The number of hydrogen-bond donors (Lipinski definition) is 1. The van der Waals surface area contributed by atoms with Gasteiger partial charge in [0, 0.05) is 58.1 Å². The number of aromatic nitrogens is 2. The first-order chi connectivity index (χ1) is 18.1. The van der Waals surface area contributed by atoms with Gasteiger partial charge in [-0.3, -0.25) is 15.0 Å². The van der Waals surface area contributed by atoms with Crippen LogP contribution in [0, 0.1) is 0 Å². The Balaban J connectivity index is 1.07. The Morgan fingerprint density at radius 1 is 1.00 bits per heavy atom. The SMILES string of the molecule is CN1C(=O)CC(c2ccncn2)NC1OC1CCN(c2ccccc2CN2Cc3ccccc3C2)CC1. The van der Waals surface area contributed by atoms with Crippen LogP contribution in [0.3, 0.4) is 0 Å². The molecule has 6 rings (SSSR count). The van der Waals surface area contributed by atoms with Crippen molar-refractivity contribution in [3.63, 3.8) is 0 Å². The average molecular weight is 499 g/mol. The van der Waals surface area contributed by atoms with Crippen molar-refractivity contribution in [1.82, 2.24) is 25.1 Å². The van der Waals surface area contributed by atoms with Gasteiger partial charge in [-0.15, -0.1) is 0 Å². The molecule has 4 heterocycles. The van der Waals surface area contributed by atoms with Crippen LogP contribution in [0.2, 0.25) is 0 Å². The highest BCUT2D eigenvalue weighted by atomic mass is 16.5. The van der Waals surface area contributed by atoms with Crippen LogP contribution in [0.4, 0.5) is 5.69 Å². The number of ether oxygens (including phenoxy) is 1. The van der Waals surface area contributed by atoms with Crippen molar-refractivity contribution >= 4 is 11.6 Å². The van der Waals surface area contributed by atoms with Crippen molar-refractivity contribution in [1.29, 1.82) is 0 Å². The summed E-state index contributed by atoms with van der Waals surface area (Å²) < 4.78 is 6.44. The maximum absolute atomic E-state index is 12.7. The molecule has 0 bridgehead atoms. The number of para-hydroxylation sites is 1. The first-order valence-electron chi connectivity index (χ1n) is 13.2. The molecule has 37 heavy (non-hydrogen) atoms. The molecule has 2 unspecified atom stereocenters. The molecule has 2 saturated heterocycles. The number of fused-ring (bicyclic) bond motifs is 1. The van der Waals surface area contributed by atoms with E-state index in [0.29, 0.717) is 6.42 Å². The number of nitrogens with zero attached hydrogens (tertiary/aromatic N) is 5. The lowest BCUT2D eigenvalue weighted by Crippen LogP contribution is -2.56. The van der Waals surface area contributed by atoms with Gasteiger partial charge in [-0.05, 0) is 41.7 Å². The number of nitrogens with one attached hydrogen (secondary N) is 1. The fourth-order valence-electron chi connectivity index (χ4n) is 5.74. The third-order valence-corrected chi connectivity index (χ3v) is 7.83. The minimum absolute atomic E-state index is 0.0581. The Morgan fingerprint density at radius 2 is 1.73 bits per heavy atom. The number of benzene rings is 2. The lowest BCUT2D eigenvalue weighted by atomic mass is 10.0. The van der Waals surface area contributed by atoms with Gasteiger partial charge in [0.05, 0.1) is 17.8 Å². The summed E-state index contributed by atoms with van der Waals surface area (Å²) in [4.78, 5) is 27.7. The molecule has 1 N–H and O–H groups in total. The van der Waals surface area contributed by atoms with E-state index in [1.54, 1.807) is 18.1 Å². The van der Waals surface area contributed by atoms with Crippen molar-refractivity contribution < 1.29 is 9.53 Å². The van der Waals surface area contributed by atoms with Crippen LogP contribution in [-0.2, 0) is 29.2 Å². The number of rotatable bonds is 6. The molecule has 3 aromatic rings. The maximum Gasteiger partial charge on any atom is 0.227 e. The van der Waals surface area contributed by atoms with Crippen LogP contribution in [0.15, 0.2) is 67.1 Å². The molecule has 1 aromatic heterocycles. The topological polar surface area (TPSA) is 73.8 Å². The first-order valence-corrected chi connectivity index (χ1v) is 13.2. The molecule has 1 amide bonds. The molecule has 0 spiro atoms. The van der Waals surface area contributed by atoms with Gasteiger partial charge in [0.2, 0.25) is 5.91 Å². The fraction of sp³-hybridized carbons (Fsp3) is 0.414. The van der Waals surface area contributed by atoms with E-state index in [4.69, 9.17) is 4.74 Å². The normalized spacial score (nSPS) is 22.9. The van der Waals surface area contributed by atoms with Gasteiger partial charge in [-0.25, -0.2) is 9.97 Å². The van der Waals surface area contributed by atoms with Crippen molar-refractivity contribution in [3.8, 4) is 0 Å². The number of anilines is 1. The number of piperidine rings is 1. The predicted octanol–water partition coefficient (Wildman–Crippen LogP) is 3.45. The van der Waals surface area contributed by atoms with Crippen molar-refractivity contribution in [2.45, 2.75) is 57.4 Å². The molecule has 8 heteroatoms. The zero-order chi connectivity index (χ0) is 25.2. The van der Waals surface area contributed by atoms with Crippen LogP contribution in [0.25, 0.3) is 0 Å². The second kappa shape index (κ2) is 10.6. The summed E-state index contributed by atoms with van der Waals surface area (Å²) in [6, 6.07) is 19.2. The van der Waals surface area contributed by atoms with Gasteiger partial charge in [0.1, 0.15) is 6.33 Å². The first kappa shape index (κ1) is 24.0. The monoisotopic (exact) mass is 498 g/mol. The second-order valence-electron chi connectivity index (χ2n) is 10.3. The molecule has 0 saturated carbocycles. The van der Waals surface area contributed by atoms with Crippen LogP contribution in [0.5, 0.6) is 0 Å². The van der Waals surface area contributed by atoms with E-state index in [1.807, 2.05) is 6.07 Å². The Hall–Kier alpha value is -3.33. The Morgan fingerprint density at radius 3 is 2.46 bits per heavy atom. The lowest BCUT2D eigenvalue weighted by molar-refractivity contribution is -0.167. The van der Waals surface area contributed by atoms with E-state index in [0.717, 1.165) is 51.3 Å². The molecule has 3 aliphatic heterocycles. The highest BCUT2D eigenvalue weighted by molar-refractivity contribution is 5.77. The predicted molar refractivity (Wildman–Crippen MR) is 141 cm³/mol. The summed E-state index contributed by atoms with van der Waals surface area (Å²) >= 11 is 0. The van der Waals surface area contributed by atoms with Gasteiger partial charge in [-0.1, -0.05) is 42.5 Å². The summed E-state index contributed by atoms with van der Waals surface area (Å²) in [6.45, 7) is 4.84. The van der Waals surface area contributed by atoms with E-state index in [2.05, 4.69) is 73.6 Å². The van der Waals surface area contributed by atoms with Crippen molar-refractivity contribution in [3.05, 3.63) is 89.5 Å². The Labute approximate surface area is 218 Å². The molecule has 8 nitrogen and oxygen atoms in total. The van der Waals surface area contributed by atoms with Gasteiger partial charge in [0.15, 0.2) is 6.35 Å². The summed E-state index contributed by atoms with van der Waals surface area (Å²) in [6.07, 6.45) is 5.06. The van der Waals surface area contributed by atoms with Gasteiger partial charge in [0.25, 0.3) is 0 Å². The van der Waals surface area contributed by atoms with Gasteiger partial charge < -0.3 is 14.5 Å². The Bertz CT molecular complexity index is 1200. The minimum Gasteiger partial charge on any atom is -0.371 e. The molecule has 0 radical (unpaired) electrons. The quantitative estimate of drug-likeness (QED) is 0.558. The largest absolute Gasteiger partial charge is 0.371 e. The van der Waals surface area contributed by atoms with E-state index >= 15 is 0 Å². The fourth-order valence-corrected chi connectivity index (χ4v) is 5.74. The second-order valence-corrected chi connectivity index (χ2v) is 10.3. The zero-order valence-electron chi connectivity index (χ0n) is 21.3. The van der Waals surface area contributed by atoms with Crippen molar-refractivity contribution in [2.75, 3.05) is 25.0 Å². The molecule has 2 atom stereocenters. The summed E-state index contributed by atoms with van der Waals surface area (Å²) in [5, 5.41) is 3.47. The highest BCUT2D eigenvalue weighted by Crippen LogP contribution is 2.30. The number of amides is 1. The molecule has 2 aromatic carbocycles. The maximum atomic E-state index is 12.7. The third kappa shape index (κ3) is 5.23. The Kier molecular flexibility index (Phi) is 6.87. The van der Waals surface area contributed by atoms with Crippen LogP contribution in [-0.4, -0.2) is 58.3 Å². The van der Waals surface area contributed by atoms with Crippen LogP contribution in [0.1, 0.15) is 47.7 Å². The van der Waals surface area contributed by atoms with E-state index < -0.39 is 6.35 Å². The average Bonchev–Trinajstić information content (AvgIpc) is 3.35. The molecule has 2 fully saturated rings. The number of carbonyl (C=O) groups is 1. The van der Waals surface area contributed by atoms with E-state index in [-0.39, 0.29) is 18.1 Å². The highest BCUT2D eigenvalue weighted by Gasteiger charge is 2.35. The third-order valence-electron chi connectivity index (χ3n) is 7.83. The standard InChI is InChI=1S/C29H34N6O2/c1-33-28(36)16-26(25-10-13-30-20-31-25)32-29(33)37-24-11-14-35(15-12-24)27-9-5-4-8-23(27)19-34-17-21-6-2-3-7-22(21)18-34/h2-10,13,20,24,26,29,32H,11-12,14-19H2,1H3. The zero-order valence-corrected chi connectivity index (χ0v) is 21.3. The molecular weight excluding hydrogens is 464 g/mol. The smallest absolute Gasteiger partial charge is 0.227 e. The number of carbonyl (C=O) groups excluding carboxylic acids is 1. The molecule has 192 valence electrons. The molecule has 3 aliphatic rings. The van der Waals surface area contributed by atoms with Gasteiger partial charge in [-0.2, -0.15) is 0 Å². The summed E-state index contributed by atoms with van der Waals surface area (Å²) in [7, 11) is 1.80. The molecule has 0 aliphatic carbocycles. The van der Waals surface area contributed by atoms with Crippen LogP contribution >= 0.6 is 0 Å². The van der Waals surface area contributed by atoms with E-state index in [1.165, 1.54) is 28.7 Å². The van der Waals surface area contributed by atoms with Crippen LogP contribution < -0.4 is 10.2 Å². The minimum atomic E-state index is -0.457. The summed E-state index contributed by atoms with van der Waals surface area (Å²) in [5.41, 5.74) is 6.40. The summed E-state index contributed by atoms with van der Waals surface area (Å²) in [5.74, 6) is 0.0581. The molecular formula is C29H34N6O2. The van der Waals surface area contributed by atoms with Crippen molar-refractivity contribution in [2.24, 2.45) is 0 Å². The number of hydrogen-bond acceptors (Lipinski definition) is 7.